The number of nitrogens with zero attached hydrogens (tertiary/aromatic N) is 1. The van der Waals surface area contributed by atoms with E-state index in [4.69, 9.17) is 4.42 Å². The summed E-state index contributed by atoms with van der Waals surface area (Å²) >= 11 is 0. The number of furan rings is 1. The Morgan fingerprint density at radius 2 is 1.95 bits per heavy atom. The van der Waals surface area contributed by atoms with Crippen molar-refractivity contribution in [2.75, 3.05) is 19.6 Å². The molecule has 1 heterocycles. The first-order valence-corrected chi connectivity index (χ1v) is 7.57. The van der Waals surface area contributed by atoms with Gasteiger partial charge in [0.2, 0.25) is 0 Å². The van der Waals surface area contributed by atoms with Crippen LogP contribution in [-0.2, 0) is 12.8 Å². The van der Waals surface area contributed by atoms with E-state index in [1.165, 1.54) is 12.1 Å². The summed E-state index contributed by atoms with van der Waals surface area (Å²) in [5.41, 5.74) is 1.10. The molecule has 2 N–H and O–H groups in total. The minimum Gasteiger partial charge on any atom is -0.469 e. The summed E-state index contributed by atoms with van der Waals surface area (Å²) in [5.74, 6) is 1.52. The summed E-state index contributed by atoms with van der Waals surface area (Å²) in [7, 11) is 0. The standard InChI is InChI=1S/C17H22FN3O/c1-2-19-17(21-12-10-16-4-3-13-22-16)20-11-9-14-5-7-15(18)8-6-14/h3-8,13H,2,9-12H2,1H3,(H2,19,20,21). The van der Waals surface area contributed by atoms with E-state index < -0.39 is 0 Å². The number of hydrogen-bond donors (Lipinski definition) is 2. The van der Waals surface area contributed by atoms with Crippen molar-refractivity contribution in [3.63, 3.8) is 0 Å². The van der Waals surface area contributed by atoms with E-state index in [0.717, 1.165) is 43.2 Å². The fraction of sp³-hybridized carbons (Fsp3) is 0.353. The number of guanidine groups is 1. The molecule has 118 valence electrons. The number of aliphatic imine (C=N–C) groups is 1. The Balaban J connectivity index is 1.76. The van der Waals surface area contributed by atoms with Crippen molar-refractivity contribution in [3.8, 4) is 0 Å². The van der Waals surface area contributed by atoms with Gasteiger partial charge in [0.05, 0.1) is 6.26 Å². The highest BCUT2D eigenvalue weighted by molar-refractivity contribution is 5.79. The van der Waals surface area contributed by atoms with E-state index in [-0.39, 0.29) is 5.82 Å². The molecule has 0 amide bonds. The van der Waals surface area contributed by atoms with Crippen LogP contribution in [0.25, 0.3) is 0 Å². The van der Waals surface area contributed by atoms with Gasteiger partial charge in [-0.3, -0.25) is 4.99 Å². The van der Waals surface area contributed by atoms with Crippen LogP contribution in [0.2, 0.25) is 0 Å². The van der Waals surface area contributed by atoms with Gasteiger partial charge in [0.1, 0.15) is 11.6 Å². The largest absolute Gasteiger partial charge is 0.469 e. The van der Waals surface area contributed by atoms with Gasteiger partial charge in [0, 0.05) is 26.1 Å². The van der Waals surface area contributed by atoms with E-state index in [1.807, 2.05) is 19.1 Å². The van der Waals surface area contributed by atoms with Gasteiger partial charge in [-0.15, -0.1) is 0 Å². The summed E-state index contributed by atoms with van der Waals surface area (Å²) in [6.07, 6.45) is 3.27. The SMILES string of the molecule is CCNC(=NCCc1ccco1)NCCc1ccc(F)cc1. The van der Waals surface area contributed by atoms with Crippen molar-refractivity contribution in [2.45, 2.75) is 19.8 Å². The molecule has 0 aliphatic heterocycles. The predicted molar refractivity (Wildman–Crippen MR) is 86.5 cm³/mol. The molecular weight excluding hydrogens is 281 g/mol. The monoisotopic (exact) mass is 303 g/mol. The van der Waals surface area contributed by atoms with Crippen molar-refractivity contribution in [3.05, 3.63) is 59.8 Å². The van der Waals surface area contributed by atoms with Crippen molar-refractivity contribution in [1.29, 1.82) is 0 Å². The maximum atomic E-state index is 12.8. The van der Waals surface area contributed by atoms with Crippen molar-refractivity contribution in [1.82, 2.24) is 10.6 Å². The number of nitrogens with one attached hydrogen (secondary N) is 2. The molecule has 0 spiro atoms. The van der Waals surface area contributed by atoms with Crippen LogP contribution in [-0.4, -0.2) is 25.6 Å². The molecule has 2 aromatic rings. The first-order valence-electron chi connectivity index (χ1n) is 7.57. The zero-order valence-corrected chi connectivity index (χ0v) is 12.8. The lowest BCUT2D eigenvalue weighted by atomic mass is 10.1. The van der Waals surface area contributed by atoms with Crippen LogP contribution in [0.3, 0.4) is 0 Å². The normalized spacial score (nSPS) is 11.5. The molecule has 1 aromatic heterocycles. The summed E-state index contributed by atoms with van der Waals surface area (Å²) in [6.45, 7) is 4.25. The molecule has 0 atom stereocenters. The maximum Gasteiger partial charge on any atom is 0.191 e. The van der Waals surface area contributed by atoms with Crippen molar-refractivity contribution >= 4 is 5.96 Å². The Morgan fingerprint density at radius 1 is 1.14 bits per heavy atom. The molecule has 1 aromatic carbocycles. The highest BCUT2D eigenvalue weighted by atomic mass is 19.1. The summed E-state index contributed by atoms with van der Waals surface area (Å²) in [4.78, 5) is 4.51. The topological polar surface area (TPSA) is 49.6 Å². The molecule has 4 nitrogen and oxygen atoms in total. The smallest absolute Gasteiger partial charge is 0.191 e. The molecule has 22 heavy (non-hydrogen) atoms. The fourth-order valence-electron chi connectivity index (χ4n) is 2.05. The molecule has 2 rings (SSSR count). The zero-order chi connectivity index (χ0) is 15.6. The molecule has 0 aliphatic rings. The molecule has 0 bridgehead atoms. The molecule has 0 unspecified atom stereocenters. The number of benzene rings is 1. The highest BCUT2D eigenvalue weighted by Gasteiger charge is 1.99. The molecule has 0 fully saturated rings. The van der Waals surface area contributed by atoms with Gasteiger partial charge in [0.15, 0.2) is 5.96 Å². The Bertz CT molecular complexity index is 564. The lowest BCUT2D eigenvalue weighted by Crippen LogP contribution is -2.38. The van der Waals surface area contributed by atoms with E-state index in [1.54, 1.807) is 18.4 Å². The molecule has 0 saturated heterocycles. The molecule has 0 saturated carbocycles. The first-order chi connectivity index (χ1) is 10.8. The third-order valence-corrected chi connectivity index (χ3v) is 3.17. The van der Waals surface area contributed by atoms with Crippen LogP contribution >= 0.6 is 0 Å². The van der Waals surface area contributed by atoms with E-state index in [2.05, 4.69) is 15.6 Å². The van der Waals surface area contributed by atoms with Gasteiger partial charge in [0.25, 0.3) is 0 Å². The van der Waals surface area contributed by atoms with Gasteiger partial charge in [-0.05, 0) is 43.2 Å². The van der Waals surface area contributed by atoms with Crippen LogP contribution in [0.1, 0.15) is 18.2 Å². The third-order valence-electron chi connectivity index (χ3n) is 3.17. The molecule has 0 aliphatic carbocycles. The number of halogens is 1. The Hall–Kier alpha value is -2.30. The van der Waals surface area contributed by atoms with Gasteiger partial charge in [-0.25, -0.2) is 4.39 Å². The van der Waals surface area contributed by atoms with Crippen LogP contribution < -0.4 is 10.6 Å². The van der Waals surface area contributed by atoms with Gasteiger partial charge < -0.3 is 15.1 Å². The first kappa shape index (κ1) is 16.1. The third kappa shape index (κ3) is 5.60. The number of hydrogen-bond acceptors (Lipinski definition) is 2. The second-order valence-electron chi connectivity index (χ2n) is 4.89. The Labute approximate surface area is 130 Å². The van der Waals surface area contributed by atoms with Crippen LogP contribution in [0.5, 0.6) is 0 Å². The van der Waals surface area contributed by atoms with Gasteiger partial charge in [-0.1, -0.05) is 12.1 Å². The van der Waals surface area contributed by atoms with Crippen LogP contribution in [0, 0.1) is 5.82 Å². The second-order valence-corrected chi connectivity index (χ2v) is 4.89. The fourth-order valence-corrected chi connectivity index (χ4v) is 2.05. The van der Waals surface area contributed by atoms with Crippen molar-refractivity contribution in [2.24, 2.45) is 4.99 Å². The highest BCUT2D eigenvalue weighted by Crippen LogP contribution is 2.03. The minimum absolute atomic E-state index is 0.204. The Morgan fingerprint density at radius 3 is 2.64 bits per heavy atom. The maximum absolute atomic E-state index is 12.8. The molecule has 0 radical (unpaired) electrons. The van der Waals surface area contributed by atoms with Crippen LogP contribution in [0.4, 0.5) is 4.39 Å². The second kappa shape index (κ2) is 8.87. The minimum atomic E-state index is -0.204. The Kier molecular flexibility index (Phi) is 6.48. The molecular formula is C17H22FN3O. The quantitative estimate of drug-likeness (QED) is 0.611. The van der Waals surface area contributed by atoms with Gasteiger partial charge >= 0.3 is 0 Å². The lowest BCUT2D eigenvalue weighted by molar-refractivity contribution is 0.510. The van der Waals surface area contributed by atoms with E-state index in [9.17, 15) is 4.39 Å². The lowest BCUT2D eigenvalue weighted by Gasteiger charge is -2.11. The summed E-state index contributed by atoms with van der Waals surface area (Å²) < 4.78 is 18.1. The van der Waals surface area contributed by atoms with E-state index in [0.29, 0.717) is 6.54 Å². The van der Waals surface area contributed by atoms with E-state index >= 15 is 0 Å². The summed E-state index contributed by atoms with van der Waals surface area (Å²) in [6, 6.07) is 10.4. The zero-order valence-electron chi connectivity index (χ0n) is 12.8. The van der Waals surface area contributed by atoms with Crippen LogP contribution in [0.15, 0.2) is 52.1 Å². The summed E-state index contributed by atoms with van der Waals surface area (Å²) in [5, 5.41) is 6.48. The number of rotatable bonds is 7. The van der Waals surface area contributed by atoms with Crippen molar-refractivity contribution < 1.29 is 8.81 Å². The molecule has 5 heteroatoms. The average Bonchev–Trinajstić information content (AvgIpc) is 3.02. The van der Waals surface area contributed by atoms with Gasteiger partial charge in [-0.2, -0.15) is 0 Å². The average molecular weight is 303 g/mol. The predicted octanol–water partition coefficient (Wildman–Crippen LogP) is 2.76.